The van der Waals surface area contributed by atoms with Crippen LogP contribution in [-0.4, -0.2) is 99.9 Å². The van der Waals surface area contributed by atoms with Crippen molar-refractivity contribution in [2.75, 3.05) is 20.3 Å². The van der Waals surface area contributed by atoms with E-state index in [1.54, 1.807) is 19.1 Å². The van der Waals surface area contributed by atoms with E-state index in [0.29, 0.717) is 11.1 Å². The van der Waals surface area contributed by atoms with Crippen LogP contribution in [0.1, 0.15) is 18.9 Å². The molecule has 210 valence electrons. The average molecular weight is 541 g/mol. The van der Waals surface area contributed by atoms with Gasteiger partial charge >= 0.3 is 11.9 Å². The molecule has 1 saturated heterocycles. The highest BCUT2D eigenvalue weighted by molar-refractivity contribution is 5.90. The molecule has 13 nitrogen and oxygen atoms in total. The Labute approximate surface area is 218 Å². The molecule has 1 aromatic rings. The van der Waals surface area contributed by atoms with Gasteiger partial charge in [-0.3, -0.25) is 4.79 Å². The molecule has 0 unspecified atom stereocenters. The van der Waals surface area contributed by atoms with E-state index in [4.69, 9.17) is 23.7 Å². The molecule has 7 atom stereocenters. The number of aliphatic hydroxyl groups excluding tert-OH is 4. The summed E-state index contributed by atoms with van der Waals surface area (Å²) in [7, 11) is 1.16. The van der Waals surface area contributed by atoms with Crippen molar-refractivity contribution in [3.05, 3.63) is 47.2 Å². The summed E-state index contributed by atoms with van der Waals surface area (Å²) in [6.45, 7) is 0.912. The van der Waals surface area contributed by atoms with Crippen LogP contribution in [0.5, 0.6) is 11.5 Å². The average Bonchev–Trinajstić information content (AvgIpc) is 2.90. The number of phenols is 2. The third-order valence-corrected chi connectivity index (χ3v) is 6.29. The summed E-state index contributed by atoms with van der Waals surface area (Å²) in [4.78, 5) is 25.1. The fraction of sp³-hybridized carbons (Fsp3) is 0.520. The molecule has 38 heavy (non-hydrogen) atoms. The van der Waals surface area contributed by atoms with E-state index >= 15 is 0 Å². The second kappa shape index (κ2) is 13.0. The van der Waals surface area contributed by atoms with E-state index in [1.807, 2.05) is 0 Å². The second-order valence-electron chi connectivity index (χ2n) is 8.71. The predicted molar refractivity (Wildman–Crippen MR) is 126 cm³/mol. The Morgan fingerprint density at radius 3 is 2.45 bits per heavy atom. The first-order chi connectivity index (χ1) is 18.1. The third-order valence-electron chi connectivity index (χ3n) is 6.29. The van der Waals surface area contributed by atoms with Gasteiger partial charge in [-0.05, 0) is 24.6 Å². The number of allylic oxidation sites excluding steroid dienone is 1. The summed E-state index contributed by atoms with van der Waals surface area (Å²) >= 11 is 0. The van der Waals surface area contributed by atoms with Crippen LogP contribution in [0.4, 0.5) is 0 Å². The molecule has 2 heterocycles. The zero-order chi connectivity index (χ0) is 28.0. The molecule has 1 fully saturated rings. The number of hydrogen-bond acceptors (Lipinski definition) is 13. The molecule has 1 aromatic carbocycles. The van der Waals surface area contributed by atoms with E-state index in [1.165, 1.54) is 12.1 Å². The standard InChI is InChI=1S/C25H32O13/c1-3-13-14(9-19(29)35-7-6-12-4-5-16(27)17(28)8-12)15(23(33)34-2)11-36-24(13)38-25-22(32)21(31)20(30)18(10-26)37-25/h3-5,8,11,14,18,20-22,24-28,30-32H,6-7,9-10H2,1-2H3/t14-,18+,20+,21-,22+,24+,25-/m1/s1. The van der Waals surface area contributed by atoms with Crippen molar-refractivity contribution in [1.82, 2.24) is 0 Å². The Balaban J connectivity index is 1.71. The fourth-order valence-electron chi connectivity index (χ4n) is 4.16. The quantitative estimate of drug-likeness (QED) is 0.131. The number of carbonyl (C=O) groups is 2. The molecule has 0 spiro atoms. The van der Waals surface area contributed by atoms with Crippen LogP contribution < -0.4 is 0 Å². The SMILES string of the molecule is CC=C1[C@H](O[C@H]2O[C@@H](CO)[C@H](O)[C@@H](O)[C@@H]2O)OC=C(C(=O)OC)[C@@H]1CC(=O)OCCc1ccc(O)c(O)c1. The maximum atomic E-state index is 12.7. The first-order valence-electron chi connectivity index (χ1n) is 11.8. The fourth-order valence-corrected chi connectivity index (χ4v) is 4.16. The number of phenolic OH excluding ortho intramolecular Hbond substituents is 2. The largest absolute Gasteiger partial charge is 0.504 e. The van der Waals surface area contributed by atoms with Gasteiger partial charge < -0.3 is 54.3 Å². The first kappa shape index (κ1) is 29.4. The van der Waals surface area contributed by atoms with Crippen LogP contribution in [-0.2, 0) is 39.7 Å². The summed E-state index contributed by atoms with van der Waals surface area (Å²) in [6, 6.07) is 4.23. The minimum Gasteiger partial charge on any atom is -0.504 e. The molecule has 6 N–H and O–H groups in total. The highest BCUT2D eigenvalue weighted by Crippen LogP contribution is 2.36. The Morgan fingerprint density at radius 2 is 1.82 bits per heavy atom. The summed E-state index contributed by atoms with van der Waals surface area (Å²) in [5, 5.41) is 58.8. The van der Waals surface area contributed by atoms with Crippen molar-refractivity contribution in [3.63, 3.8) is 0 Å². The van der Waals surface area contributed by atoms with Gasteiger partial charge in [0.1, 0.15) is 24.4 Å². The number of rotatable bonds is 9. The number of carbonyl (C=O) groups excluding carboxylic acids is 2. The Hall–Kier alpha value is -3.20. The van der Waals surface area contributed by atoms with E-state index in [0.717, 1.165) is 13.4 Å². The molecule has 0 radical (unpaired) electrons. The first-order valence-corrected chi connectivity index (χ1v) is 11.8. The zero-order valence-corrected chi connectivity index (χ0v) is 20.8. The molecule has 0 bridgehead atoms. The Morgan fingerprint density at radius 1 is 1.08 bits per heavy atom. The summed E-state index contributed by atoms with van der Waals surface area (Å²) in [6.07, 6.45) is -6.39. The zero-order valence-electron chi connectivity index (χ0n) is 20.8. The molecule has 0 amide bonds. The summed E-state index contributed by atoms with van der Waals surface area (Å²) in [5.41, 5.74) is 0.927. The molecule has 0 aromatic heterocycles. The van der Waals surface area contributed by atoms with Crippen molar-refractivity contribution in [2.45, 2.75) is 56.8 Å². The highest BCUT2D eigenvalue weighted by atomic mass is 16.8. The highest BCUT2D eigenvalue weighted by Gasteiger charge is 2.46. The van der Waals surface area contributed by atoms with Gasteiger partial charge in [0.2, 0.25) is 6.29 Å². The monoisotopic (exact) mass is 540 g/mol. The number of aromatic hydroxyl groups is 2. The Bertz CT molecular complexity index is 1050. The number of methoxy groups -OCH3 is 1. The van der Waals surface area contributed by atoms with Crippen LogP contribution >= 0.6 is 0 Å². The van der Waals surface area contributed by atoms with Crippen LogP contribution in [0, 0.1) is 5.92 Å². The lowest BCUT2D eigenvalue weighted by molar-refractivity contribution is -0.327. The number of ether oxygens (including phenoxy) is 5. The number of hydrogen-bond donors (Lipinski definition) is 6. The Kier molecular flexibility index (Phi) is 10.1. The van der Waals surface area contributed by atoms with Gasteiger partial charge in [-0.2, -0.15) is 0 Å². The third kappa shape index (κ3) is 6.62. The van der Waals surface area contributed by atoms with E-state index in [2.05, 4.69) is 0 Å². The van der Waals surface area contributed by atoms with Gasteiger partial charge in [0.05, 0.1) is 38.6 Å². The van der Waals surface area contributed by atoms with Crippen LogP contribution in [0.25, 0.3) is 0 Å². The topological polar surface area (TPSA) is 202 Å². The van der Waals surface area contributed by atoms with E-state index in [9.17, 15) is 40.2 Å². The molecule has 0 saturated carbocycles. The normalized spacial score (nSPS) is 30.3. The molecule has 0 aliphatic carbocycles. The predicted octanol–water partition coefficient (Wildman–Crippen LogP) is -0.634. The lowest BCUT2D eigenvalue weighted by atomic mass is 9.86. The van der Waals surface area contributed by atoms with E-state index < -0.39 is 61.5 Å². The van der Waals surface area contributed by atoms with Gasteiger partial charge in [0.15, 0.2) is 17.8 Å². The molecule has 13 heteroatoms. The summed E-state index contributed by atoms with van der Waals surface area (Å²) < 4.78 is 26.7. The number of aliphatic hydroxyl groups is 4. The van der Waals surface area contributed by atoms with Gasteiger partial charge in [0.25, 0.3) is 0 Å². The maximum absolute atomic E-state index is 12.7. The van der Waals surface area contributed by atoms with Crippen molar-refractivity contribution in [2.24, 2.45) is 5.92 Å². The van der Waals surface area contributed by atoms with Crippen molar-refractivity contribution >= 4 is 11.9 Å². The van der Waals surface area contributed by atoms with Crippen LogP contribution in [0.3, 0.4) is 0 Å². The minimum absolute atomic E-state index is 0.00894. The lowest BCUT2D eigenvalue weighted by Crippen LogP contribution is -2.60. The van der Waals surface area contributed by atoms with Crippen molar-refractivity contribution in [3.8, 4) is 11.5 Å². The van der Waals surface area contributed by atoms with Gasteiger partial charge in [-0.15, -0.1) is 0 Å². The van der Waals surface area contributed by atoms with E-state index in [-0.39, 0.29) is 36.5 Å². The molecular weight excluding hydrogens is 508 g/mol. The maximum Gasteiger partial charge on any atom is 0.337 e. The number of esters is 2. The van der Waals surface area contributed by atoms with Crippen LogP contribution in [0.2, 0.25) is 0 Å². The van der Waals surface area contributed by atoms with Gasteiger partial charge in [0, 0.05) is 17.9 Å². The minimum atomic E-state index is -1.69. The smallest absolute Gasteiger partial charge is 0.337 e. The van der Waals surface area contributed by atoms with Gasteiger partial charge in [-0.1, -0.05) is 12.1 Å². The molecule has 3 rings (SSSR count). The van der Waals surface area contributed by atoms with Gasteiger partial charge in [-0.25, -0.2) is 4.79 Å². The van der Waals surface area contributed by atoms with Crippen molar-refractivity contribution < 1.29 is 63.9 Å². The molecule has 2 aliphatic rings. The molecular formula is C25H32O13. The summed E-state index contributed by atoms with van der Waals surface area (Å²) in [5.74, 6) is -2.89. The second-order valence-corrected chi connectivity index (χ2v) is 8.71. The lowest BCUT2D eigenvalue weighted by Gasteiger charge is -2.41. The molecule has 2 aliphatic heterocycles. The van der Waals surface area contributed by atoms with Crippen molar-refractivity contribution in [1.29, 1.82) is 0 Å². The van der Waals surface area contributed by atoms with Crippen LogP contribution in [0.15, 0.2) is 41.7 Å². The number of benzene rings is 1.